The van der Waals surface area contributed by atoms with E-state index in [9.17, 15) is 13.2 Å². The van der Waals surface area contributed by atoms with E-state index in [0.29, 0.717) is 0 Å². The fourth-order valence-electron chi connectivity index (χ4n) is 1.52. The average molecular weight is 296 g/mol. The summed E-state index contributed by atoms with van der Waals surface area (Å²) in [5.74, 6) is -1.75. The molecule has 0 bridgehead atoms. The van der Waals surface area contributed by atoms with Crippen LogP contribution < -0.4 is 4.72 Å². The van der Waals surface area contributed by atoms with Gasteiger partial charge in [0.1, 0.15) is 0 Å². The molecule has 0 radical (unpaired) electrons. The summed E-state index contributed by atoms with van der Waals surface area (Å²) in [5.41, 5.74) is 1.62. The number of aromatic nitrogens is 1. The molecule has 2 aromatic rings. The van der Waals surface area contributed by atoms with Gasteiger partial charge in [0.2, 0.25) is 10.9 Å². The number of hydrogen-bond acceptors (Lipinski definition) is 5. The predicted molar refractivity (Wildman–Crippen MR) is 68.7 cm³/mol. The summed E-state index contributed by atoms with van der Waals surface area (Å²) in [5, 5.41) is 8.26. The summed E-state index contributed by atoms with van der Waals surface area (Å²) in [6, 6.07) is 3.89. The van der Waals surface area contributed by atoms with Gasteiger partial charge in [0.25, 0.3) is 10.0 Å². The molecular weight excluding hydrogens is 284 g/mol. The largest absolute Gasteiger partial charge is 0.475 e. The van der Waals surface area contributed by atoms with Crippen LogP contribution in [0.1, 0.15) is 21.7 Å². The van der Waals surface area contributed by atoms with Gasteiger partial charge in [-0.25, -0.2) is 17.9 Å². The van der Waals surface area contributed by atoms with Crippen LogP contribution in [-0.4, -0.2) is 24.5 Å². The second-order valence-electron chi connectivity index (χ2n) is 4.05. The number of carboxylic acid groups (broad SMARTS) is 1. The molecule has 0 saturated heterocycles. The third-order valence-electron chi connectivity index (χ3n) is 2.65. The van der Waals surface area contributed by atoms with Crippen LogP contribution in [0.15, 0.2) is 40.1 Å². The zero-order chi connectivity index (χ0) is 14.8. The molecule has 20 heavy (non-hydrogen) atoms. The Morgan fingerprint density at radius 1 is 1.40 bits per heavy atom. The van der Waals surface area contributed by atoms with Gasteiger partial charge < -0.3 is 9.52 Å². The molecule has 0 aliphatic heterocycles. The number of pyridine rings is 1. The van der Waals surface area contributed by atoms with Crippen LogP contribution in [-0.2, 0) is 16.6 Å². The number of nitrogens with one attached hydrogen (secondary N) is 1. The van der Waals surface area contributed by atoms with E-state index in [1.807, 2.05) is 6.92 Å². The van der Waals surface area contributed by atoms with Crippen LogP contribution in [0.2, 0.25) is 0 Å². The zero-order valence-corrected chi connectivity index (χ0v) is 11.3. The molecule has 8 heteroatoms. The van der Waals surface area contributed by atoms with Crippen LogP contribution in [0.25, 0.3) is 0 Å². The molecule has 2 N–H and O–H groups in total. The molecule has 0 saturated carbocycles. The van der Waals surface area contributed by atoms with E-state index in [4.69, 9.17) is 9.52 Å². The molecule has 7 nitrogen and oxygen atoms in total. The third kappa shape index (κ3) is 3.03. The molecule has 0 amide bonds. The lowest BCUT2D eigenvalue weighted by atomic mass is 10.2. The highest BCUT2D eigenvalue weighted by atomic mass is 32.2. The molecule has 0 fully saturated rings. The molecule has 0 aliphatic rings. The standard InChI is InChI=1S/C12H12N2O5S/c1-8-6-13-5-4-9(8)7-14-20(17,18)11-3-2-10(19-11)12(15)16/h2-6,14H,7H2,1H3,(H,15,16). The number of sulfonamides is 1. The van der Waals surface area contributed by atoms with Crippen LogP contribution in [0.4, 0.5) is 0 Å². The third-order valence-corrected chi connectivity index (χ3v) is 3.92. The first kappa shape index (κ1) is 14.2. The lowest BCUT2D eigenvalue weighted by Crippen LogP contribution is -2.23. The predicted octanol–water partition coefficient (Wildman–Crippen LogP) is 1.16. The Bertz CT molecular complexity index is 736. The molecule has 0 aromatic carbocycles. The van der Waals surface area contributed by atoms with E-state index < -0.39 is 26.8 Å². The highest BCUT2D eigenvalue weighted by Gasteiger charge is 2.20. The van der Waals surface area contributed by atoms with Crippen LogP contribution in [0, 0.1) is 6.92 Å². The van der Waals surface area contributed by atoms with Gasteiger partial charge in [-0.15, -0.1) is 0 Å². The monoisotopic (exact) mass is 296 g/mol. The molecule has 0 spiro atoms. The highest BCUT2D eigenvalue weighted by Crippen LogP contribution is 2.14. The van der Waals surface area contributed by atoms with Crippen molar-refractivity contribution < 1.29 is 22.7 Å². The van der Waals surface area contributed by atoms with Gasteiger partial charge in [-0.2, -0.15) is 0 Å². The normalized spacial score (nSPS) is 11.4. The number of hydrogen-bond donors (Lipinski definition) is 2. The van der Waals surface area contributed by atoms with Crippen molar-refractivity contribution in [2.24, 2.45) is 0 Å². The van der Waals surface area contributed by atoms with Crippen molar-refractivity contribution in [1.82, 2.24) is 9.71 Å². The summed E-state index contributed by atoms with van der Waals surface area (Å²) in [6.45, 7) is 1.88. The Morgan fingerprint density at radius 2 is 2.15 bits per heavy atom. The minimum Gasteiger partial charge on any atom is -0.475 e. The summed E-state index contributed by atoms with van der Waals surface area (Å²) in [7, 11) is -3.89. The second kappa shape index (κ2) is 5.43. The molecule has 2 aromatic heterocycles. The highest BCUT2D eigenvalue weighted by molar-refractivity contribution is 7.89. The Kier molecular flexibility index (Phi) is 3.86. The van der Waals surface area contributed by atoms with Gasteiger partial charge in [-0.1, -0.05) is 0 Å². The second-order valence-corrected chi connectivity index (χ2v) is 5.75. The minimum atomic E-state index is -3.89. The van der Waals surface area contributed by atoms with Crippen molar-refractivity contribution in [1.29, 1.82) is 0 Å². The van der Waals surface area contributed by atoms with E-state index in [-0.39, 0.29) is 6.54 Å². The van der Waals surface area contributed by atoms with Crippen molar-refractivity contribution in [2.75, 3.05) is 0 Å². The maximum Gasteiger partial charge on any atom is 0.371 e. The van der Waals surface area contributed by atoms with E-state index in [1.54, 1.807) is 18.5 Å². The molecule has 0 atom stereocenters. The van der Waals surface area contributed by atoms with Gasteiger partial charge in [-0.05, 0) is 36.2 Å². The zero-order valence-electron chi connectivity index (χ0n) is 10.5. The van der Waals surface area contributed by atoms with E-state index in [2.05, 4.69) is 9.71 Å². The van der Waals surface area contributed by atoms with Gasteiger partial charge >= 0.3 is 5.97 Å². The van der Waals surface area contributed by atoms with Crippen molar-refractivity contribution in [3.8, 4) is 0 Å². The van der Waals surface area contributed by atoms with Gasteiger partial charge in [0, 0.05) is 18.9 Å². The smallest absolute Gasteiger partial charge is 0.371 e. The average Bonchev–Trinajstić information content (AvgIpc) is 2.88. The lowest BCUT2D eigenvalue weighted by molar-refractivity contribution is 0.0656. The minimum absolute atomic E-state index is 0.0692. The Labute approximate surface area is 115 Å². The van der Waals surface area contributed by atoms with E-state index in [1.165, 1.54) is 0 Å². The number of carboxylic acids is 1. The molecule has 2 rings (SSSR count). The number of nitrogens with zero attached hydrogens (tertiary/aromatic N) is 1. The topological polar surface area (TPSA) is 110 Å². The first-order valence-corrected chi connectivity index (χ1v) is 7.11. The summed E-state index contributed by atoms with van der Waals surface area (Å²) >= 11 is 0. The molecule has 0 unspecified atom stereocenters. The maximum atomic E-state index is 11.9. The first-order chi connectivity index (χ1) is 9.40. The number of furan rings is 1. The van der Waals surface area contributed by atoms with Gasteiger partial charge in [0.15, 0.2) is 0 Å². The summed E-state index contributed by atoms with van der Waals surface area (Å²) in [4.78, 5) is 14.6. The number of rotatable bonds is 5. The lowest BCUT2D eigenvalue weighted by Gasteiger charge is -2.06. The van der Waals surface area contributed by atoms with Crippen LogP contribution in [0.3, 0.4) is 0 Å². The number of aryl methyl sites for hydroxylation is 1. The molecule has 0 aliphatic carbocycles. The van der Waals surface area contributed by atoms with Crippen molar-refractivity contribution >= 4 is 16.0 Å². The first-order valence-electron chi connectivity index (χ1n) is 5.62. The summed E-state index contributed by atoms with van der Waals surface area (Å²) < 4.78 is 31.0. The Hall–Kier alpha value is -2.19. The van der Waals surface area contributed by atoms with Gasteiger partial charge in [-0.3, -0.25) is 4.98 Å². The van der Waals surface area contributed by atoms with Crippen LogP contribution in [0.5, 0.6) is 0 Å². The fraction of sp³-hybridized carbons (Fsp3) is 0.167. The van der Waals surface area contributed by atoms with Crippen molar-refractivity contribution in [3.63, 3.8) is 0 Å². The van der Waals surface area contributed by atoms with Crippen molar-refractivity contribution in [2.45, 2.75) is 18.6 Å². The number of aromatic carboxylic acids is 1. The van der Waals surface area contributed by atoms with Crippen LogP contribution >= 0.6 is 0 Å². The molecule has 106 valence electrons. The molecular formula is C12H12N2O5S. The Morgan fingerprint density at radius 3 is 2.75 bits per heavy atom. The van der Waals surface area contributed by atoms with E-state index >= 15 is 0 Å². The quantitative estimate of drug-likeness (QED) is 0.856. The Balaban J connectivity index is 2.15. The number of carbonyl (C=O) groups is 1. The fourth-order valence-corrected chi connectivity index (χ4v) is 2.46. The summed E-state index contributed by atoms with van der Waals surface area (Å²) in [6.07, 6.45) is 3.19. The van der Waals surface area contributed by atoms with Crippen molar-refractivity contribution in [3.05, 3.63) is 47.5 Å². The SMILES string of the molecule is Cc1cnccc1CNS(=O)(=O)c1ccc(C(=O)O)o1. The maximum absolute atomic E-state index is 11.9. The van der Waals surface area contributed by atoms with E-state index in [0.717, 1.165) is 23.3 Å². The van der Waals surface area contributed by atoms with Gasteiger partial charge in [0.05, 0.1) is 0 Å². The molecule has 2 heterocycles.